The van der Waals surface area contributed by atoms with Crippen LogP contribution in [0.5, 0.6) is 0 Å². The summed E-state index contributed by atoms with van der Waals surface area (Å²) >= 11 is 11.5. The Balaban J connectivity index is 2.70. The van der Waals surface area contributed by atoms with Gasteiger partial charge in [-0.1, -0.05) is 23.2 Å². The number of pyridine rings is 1. The highest BCUT2D eigenvalue weighted by Gasteiger charge is 2.18. The first kappa shape index (κ1) is 13.0. The zero-order valence-corrected chi connectivity index (χ0v) is 10.2. The molecule has 2 N–H and O–H groups in total. The molecule has 18 heavy (non-hydrogen) atoms. The monoisotopic (exact) mass is 292 g/mol. The van der Waals surface area contributed by atoms with E-state index in [2.05, 4.69) is 4.98 Å². The second kappa shape index (κ2) is 4.66. The van der Waals surface area contributed by atoms with Gasteiger partial charge < -0.3 is 5.73 Å². The Kier molecular flexibility index (Phi) is 3.36. The Hall–Kier alpha value is -1.46. The number of anilines is 1. The summed E-state index contributed by atoms with van der Waals surface area (Å²) in [7, 11) is 0. The van der Waals surface area contributed by atoms with Gasteiger partial charge in [-0.15, -0.1) is 0 Å². The second-order valence-electron chi connectivity index (χ2n) is 3.41. The van der Waals surface area contributed by atoms with E-state index in [9.17, 15) is 13.2 Å². The Morgan fingerprint density at radius 1 is 1.00 bits per heavy atom. The highest BCUT2D eigenvalue weighted by molar-refractivity contribution is 6.37. The molecule has 0 bridgehead atoms. The lowest BCUT2D eigenvalue weighted by atomic mass is 10.1. The molecule has 0 radical (unpaired) electrons. The van der Waals surface area contributed by atoms with Gasteiger partial charge in [0.1, 0.15) is 5.82 Å². The van der Waals surface area contributed by atoms with Crippen LogP contribution >= 0.6 is 23.2 Å². The lowest BCUT2D eigenvalue weighted by Crippen LogP contribution is -1.99. The third-order valence-electron chi connectivity index (χ3n) is 2.25. The quantitative estimate of drug-likeness (QED) is 0.805. The standard InChI is InChI=1S/C11H5Cl2F3N2/c12-5-3-6(13)11(17)18-10(5)4-1-2-7(14)9(16)8(4)15/h1-3H,(H2,17,18). The summed E-state index contributed by atoms with van der Waals surface area (Å²) in [5.74, 6) is -4.36. The fraction of sp³-hybridized carbons (Fsp3) is 0. The predicted molar refractivity (Wildman–Crippen MR) is 64.0 cm³/mol. The van der Waals surface area contributed by atoms with Crippen molar-refractivity contribution in [3.8, 4) is 11.3 Å². The molecular formula is C11H5Cl2F3N2. The van der Waals surface area contributed by atoms with E-state index in [-0.39, 0.29) is 27.1 Å². The number of nitrogens with zero attached hydrogens (tertiary/aromatic N) is 1. The summed E-state index contributed by atoms with van der Waals surface area (Å²) < 4.78 is 39.5. The molecule has 0 aliphatic carbocycles. The van der Waals surface area contributed by atoms with Gasteiger partial charge in [0, 0.05) is 5.56 Å². The number of halogens is 5. The third-order valence-corrected chi connectivity index (χ3v) is 2.84. The van der Waals surface area contributed by atoms with Gasteiger partial charge in [0.05, 0.1) is 15.7 Å². The number of rotatable bonds is 1. The highest BCUT2D eigenvalue weighted by Crippen LogP contribution is 2.33. The average molecular weight is 293 g/mol. The highest BCUT2D eigenvalue weighted by atomic mass is 35.5. The molecule has 0 saturated carbocycles. The van der Waals surface area contributed by atoms with Crippen LogP contribution in [0.15, 0.2) is 18.2 Å². The molecule has 1 heterocycles. The molecule has 0 fully saturated rings. The molecule has 94 valence electrons. The van der Waals surface area contributed by atoms with Crippen LogP contribution in [0.2, 0.25) is 10.0 Å². The van der Waals surface area contributed by atoms with Crippen molar-refractivity contribution in [3.63, 3.8) is 0 Å². The minimum absolute atomic E-state index is 0.0147. The van der Waals surface area contributed by atoms with Crippen LogP contribution in [-0.4, -0.2) is 4.98 Å². The summed E-state index contributed by atoms with van der Waals surface area (Å²) in [6.45, 7) is 0. The van der Waals surface area contributed by atoms with E-state index < -0.39 is 17.5 Å². The maximum Gasteiger partial charge on any atom is 0.195 e. The van der Waals surface area contributed by atoms with Crippen LogP contribution in [0.3, 0.4) is 0 Å². The normalized spacial score (nSPS) is 10.7. The first-order valence-electron chi connectivity index (χ1n) is 4.67. The van der Waals surface area contributed by atoms with Gasteiger partial charge >= 0.3 is 0 Å². The van der Waals surface area contributed by atoms with Gasteiger partial charge in [-0.05, 0) is 18.2 Å². The zero-order chi connectivity index (χ0) is 13.4. The minimum atomic E-state index is -1.60. The van der Waals surface area contributed by atoms with E-state index >= 15 is 0 Å². The van der Waals surface area contributed by atoms with Crippen LogP contribution in [0, 0.1) is 17.5 Å². The summed E-state index contributed by atoms with van der Waals surface area (Å²) in [5, 5.41) is 0.0749. The summed E-state index contributed by atoms with van der Waals surface area (Å²) in [5.41, 5.74) is 5.06. The topological polar surface area (TPSA) is 38.9 Å². The maximum absolute atomic E-state index is 13.6. The molecule has 0 amide bonds. The van der Waals surface area contributed by atoms with Gasteiger partial charge in [-0.25, -0.2) is 18.2 Å². The van der Waals surface area contributed by atoms with Crippen LogP contribution in [-0.2, 0) is 0 Å². The molecule has 2 aromatic rings. The van der Waals surface area contributed by atoms with Crippen LogP contribution < -0.4 is 5.73 Å². The van der Waals surface area contributed by atoms with Crippen molar-refractivity contribution in [2.24, 2.45) is 0 Å². The van der Waals surface area contributed by atoms with Crippen molar-refractivity contribution in [2.45, 2.75) is 0 Å². The van der Waals surface area contributed by atoms with E-state index in [4.69, 9.17) is 28.9 Å². The van der Waals surface area contributed by atoms with Crippen molar-refractivity contribution < 1.29 is 13.2 Å². The second-order valence-corrected chi connectivity index (χ2v) is 4.22. The summed E-state index contributed by atoms with van der Waals surface area (Å²) in [4.78, 5) is 3.76. The van der Waals surface area contributed by atoms with Crippen LogP contribution in [0.4, 0.5) is 19.0 Å². The molecule has 1 aromatic heterocycles. The zero-order valence-electron chi connectivity index (χ0n) is 8.65. The van der Waals surface area contributed by atoms with Gasteiger partial charge in [0.25, 0.3) is 0 Å². The number of hydrogen-bond donors (Lipinski definition) is 1. The van der Waals surface area contributed by atoms with Crippen molar-refractivity contribution in [1.29, 1.82) is 0 Å². The predicted octanol–water partition coefficient (Wildman–Crippen LogP) is 4.05. The van der Waals surface area contributed by atoms with Crippen molar-refractivity contribution >= 4 is 29.0 Å². The fourth-order valence-corrected chi connectivity index (χ4v) is 1.84. The number of hydrogen-bond acceptors (Lipinski definition) is 2. The SMILES string of the molecule is Nc1nc(-c2ccc(F)c(F)c2F)c(Cl)cc1Cl. The van der Waals surface area contributed by atoms with Gasteiger partial charge in [0.15, 0.2) is 17.5 Å². The molecule has 1 aromatic carbocycles. The van der Waals surface area contributed by atoms with Crippen molar-refractivity contribution in [1.82, 2.24) is 4.98 Å². The number of benzene rings is 1. The lowest BCUT2D eigenvalue weighted by molar-refractivity contribution is 0.449. The van der Waals surface area contributed by atoms with Crippen molar-refractivity contribution in [2.75, 3.05) is 5.73 Å². The molecule has 0 aliphatic heterocycles. The number of nitrogens with two attached hydrogens (primary N) is 1. The van der Waals surface area contributed by atoms with Crippen molar-refractivity contribution in [3.05, 3.63) is 45.7 Å². The number of nitrogen functional groups attached to an aromatic ring is 1. The molecule has 0 spiro atoms. The smallest absolute Gasteiger partial charge is 0.195 e. The molecule has 0 unspecified atom stereocenters. The molecule has 0 atom stereocenters. The average Bonchev–Trinajstić information content (AvgIpc) is 2.32. The van der Waals surface area contributed by atoms with E-state index in [1.807, 2.05) is 0 Å². The van der Waals surface area contributed by atoms with E-state index in [0.29, 0.717) is 0 Å². The maximum atomic E-state index is 13.6. The molecule has 7 heteroatoms. The van der Waals surface area contributed by atoms with Gasteiger partial charge in [0.2, 0.25) is 0 Å². The largest absolute Gasteiger partial charge is 0.382 e. The first-order valence-corrected chi connectivity index (χ1v) is 5.42. The molecule has 0 saturated heterocycles. The molecular weight excluding hydrogens is 288 g/mol. The first-order chi connectivity index (χ1) is 8.41. The van der Waals surface area contributed by atoms with Crippen LogP contribution in [0.25, 0.3) is 11.3 Å². The Morgan fingerprint density at radius 2 is 1.67 bits per heavy atom. The van der Waals surface area contributed by atoms with E-state index in [1.54, 1.807) is 0 Å². The van der Waals surface area contributed by atoms with Gasteiger partial charge in [-0.3, -0.25) is 0 Å². The third kappa shape index (κ3) is 2.11. The minimum Gasteiger partial charge on any atom is -0.382 e. The number of aromatic nitrogens is 1. The Morgan fingerprint density at radius 3 is 2.33 bits per heavy atom. The molecule has 2 rings (SSSR count). The lowest BCUT2D eigenvalue weighted by Gasteiger charge is -2.08. The molecule has 0 aliphatic rings. The van der Waals surface area contributed by atoms with Gasteiger partial charge in [-0.2, -0.15) is 0 Å². The summed E-state index contributed by atoms with van der Waals surface area (Å²) in [6.07, 6.45) is 0. The van der Waals surface area contributed by atoms with Crippen LogP contribution in [0.1, 0.15) is 0 Å². The van der Waals surface area contributed by atoms with E-state index in [1.165, 1.54) is 6.07 Å². The molecule has 2 nitrogen and oxygen atoms in total. The fourth-order valence-electron chi connectivity index (χ4n) is 1.38. The Labute approximate surface area is 110 Å². The Bertz CT molecular complexity index is 632. The summed E-state index contributed by atoms with van der Waals surface area (Å²) in [6, 6.07) is 3.05. The van der Waals surface area contributed by atoms with E-state index in [0.717, 1.165) is 12.1 Å².